The number of rotatable bonds is 7. The van der Waals surface area contributed by atoms with Crippen LogP contribution >= 0.6 is 0 Å². The van der Waals surface area contributed by atoms with E-state index in [1.807, 2.05) is 0 Å². The maximum atomic E-state index is 11.2. The molecule has 5 heteroatoms. The Morgan fingerprint density at radius 1 is 1.14 bits per heavy atom. The van der Waals surface area contributed by atoms with Gasteiger partial charge in [-0.15, -0.1) is 0 Å². The van der Waals surface area contributed by atoms with Gasteiger partial charge >= 0.3 is 0 Å². The van der Waals surface area contributed by atoms with Crippen LogP contribution in [0.25, 0.3) is 0 Å². The molecule has 0 aromatic heterocycles. The van der Waals surface area contributed by atoms with Crippen LogP contribution in [0.15, 0.2) is 42.5 Å². The number of aromatic hydroxyl groups is 1. The van der Waals surface area contributed by atoms with Gasteiger partial charge in [-0.05, 0) is 80.5 Å². The van der Waals surface area contributed by atoms with E-state index in [0.717, 1.165) is 62.6 Å². The molecule has 5 unspecified atom stereocenters. The molecular formula is C30H37NO4. The first-order valence-corrected chi connectivity index (χ1v) is 13.7. The second-order valence-electron chi connectivity index (χ2n) is 11.8. The summed E-state index contributed by atoms with van der Waals surface area (Å²) in [5.41, 5.74) is 2.97. The Bertz CT molecular complexity index is 1120. The average Bonchev–Trinajstić information content (AvgIpc) is 3.43. The van der Waals surface area contributed by atoms with E-state index in [0.29, 0.717) is 18.8 Å². The highest BCUT2D eigenvalue weighted by Crippen LogP contribution is 2.66. The van der Waals surface area contributed by atoms with E-state index in [-0.39, 0.29) is 17.9 Å². The van der Waals surface area contributed by atoms with Crippen LogP contribution < -0.4 is 4.74 Å². The summed E-state index contributed by atoms with van der Waals surface area (Å²) in [5, 5.41) is 22.0. The number of piperidine rings is 1. The van der Waals surface area contributed by atoms with Gasteiger partial charge in [0.15, 0.2) is 11.5 Å². The first kappa shape index (κ1) is 22.1. The Kier molecular flexibility index (Phi) is 5.04. The zero-order chi connectivity index (χ0) is 23.8. The standard InChI is InChI=1S/C30H37NO4/c1-19-16-22(19)18-31-14-13-29-26-21-9-10-23(32)27(26)35-28(29)24(33)11-12-30(29,25(31)17-21)34-15-5-8-20-6-3-2-4-7-20/h2-4,6-7,9-10,19,22,24-25,28,32-33H,5,8,11-18H2,1H3/t19?,22?,24?,25?,28-,29?,30+/m0/s1. The van der Waals surface area contributed by atoms with Gasteiger partial charge in [-0.2, -0.15) is 0 Å². The molecule has 2 aliphatic heterocycles. The Morgan fingerprint density at radius 3 is 2.77 bits per heavy atom. The zero-order valence-electron chi connectivity index (χ0n) is 20.7. The first-order valence-electron chi connectivity index (χ1n) is 13.7. The van der Waals surface area contributed by atoms with E-state index in [2.05, 4.69) is 48.2 Å². The van der Waals surface area contributed by atoms with Crippen LogP contribution in [-0.4, -0.2) is 58.7 Å². The van der Waals surface area contributed by atoms with Crippen molar-refractivity contribution in [3.8, 4) is 11.5 Å². The molecule has 1 saturated heterocycles. The number of nitrogens with zero attached hydrogens (tertiary/aromatic N) is 1. The van der Waals surface area contributed by atoms with Crippen LogP contribution in [0.4, 0.5) is 0 Å². The highest BCUT2D eigenvalue weighted by molar-refractivity contribution is 5.62. The topological polar surface area (TPSA) is 62.2 Å². The van der Waals surface area contributed by atoms with Crippen molar-refractivity contribution in [2.24, 2.45) is 11.8 Å². The Labute approximate surface area is 208 Å². The summed E-state index contributed by atoms with van der Waals surface area (Å²) in [6.07, 6.45) is 5.78. The van der Waals surface area contributed by atoms with Crippen LogP contribution in [-0.2, 0) is 23.0 Å². The lowest BCUT2D eigenvalue weighted by Crippen LogP contribution is -2.78. The van der Waals surface area contributed by atoms with Gasteiger partial charge < -0.3 is 19.7 Å². The van der Waals surface area contributed by atoms with Crippen LogP contribution in [0.5, 0.6) is 11.5 Å². The monoisotopic (exact) mass is 475 g/mol. The Hall–Kier alpha value is -2.08. The van der Waals surface area contributed by atoms with Gasteiger partial charge in [-0.3, -0.25) is 4.90 Å². The molecule has 2 saturated carbocycles. The van der Waals surface area contributed by atoms with Gasteiger partial charge in [-0.25, -0.2) is 0 Å². The van der Waals surface area contributed by atoms with Crippen LogP contribution in [0, 0.1) is 11.8 Å². The van der Waals surface area contributed by atoms with Gasteiger partial charge in [0.2, 0.25) is 0 Å². The molecule has 2 N–H and O–H groups in total. The maximum absolute atomic E-state index is 11.2. The minimum Gasteiger partial charge on any atom is -0.504 e. The van der Waals surface area contributed by atoms with E-state index in [1.54, 1.807) is 6.07 Å². The summed E-state index contributed by atoms with van der Waals surface area (Å²) in [5.74, 6) is 2.42. The predicted octanol–water partition coefficient (Wildman–Crippen LogP) is 4.22. The zero-order valence-corrected chi connectivity index (χ0v) is 20.7. The molecule has 7 atom stereocenters. The van der Waals surface area contributed by atoms with Crippen molar-refractivity contribution >= 4 is 0 Å². The summed E-state index contributed by atoms with van der Waals surface area (Å²) >= 11 is 0. The molecule has 0 amide bonds. The fourth-order valence-electron chi connectivity index (χ4n) is 8.22. The smallest absolute Gasteiger partial charge is 0.165 e. The number of phenolic OH excluding ortho intramolecular Hbond substituents is 1. The molecule has 7 rings (SSSR count). The van der Waals surface area contributed by atoms with Crippen LogP contribution in [0.3, 0.4) is 0 Å². The molecule has 1 spiro atoms. The van der Waals surface area contributed by atoms with Gasteiger partial charge in [0, 0.05) is 24.8 Å². The number of benzene rings is 2. The van der Waals surface area contributed by atoms with Crippen molar-refractivity contribution in [2.75, 3.05) is 19.7 Å². The minimum atomic E-state index is -0.538. The van der Waals surface area contributed by atoms with Crippen molar-refractivity contribution in [2.45, 2.75) is 81.1 Å². The third-order valence-corrected chi connectivity index (χ3v) is 10.1. The summed E-state index contributed by atoms with van der Waals surface area (Å²) < 4.78 is 13.6. The number of phenols is 1. The van der Waals surface area contributed by atoms with Gasteiger partial charge in [-0.1, -0.05) is 43.3 Å². The molecule has 35 heavy (non-hydrogen) atoms. The molecule has 2 aromatic carbocycles. The average molecular weight is 476 g/mol. The van der Waals surface area contributed by atoms with Gasteiger partial charge in [0.1, 0.15) is 6.10 Å². The number of aliphatic hydroxyl groups is 1. The fraction of sp³-hybridized carbons (Fsp3) is 0.600. The summed E-state index contributed by atoms with van der Waals surface area (Å²) in [6.45, 7) is 5.22. The summed E-state index contributed by atoms with van der Waals surface area (Å²) in [6, 6.07) is 14.8. The van der Waals surface area contributed by atoms with Crippen molar-refractivity contribution < 1.29 is 19.7 Å². The number of aliphatic hydroxyl groups excluding tert-OH is 1. The first-order chi connectivity index (χ1) is 17.0. The lowest BCUT2D eigenvalue weighted by molar-refractivity contribution is -0.233. The highest BCUT2D eigenvalue weighted by Gasteiger charge is 2.74. The highest BCUT2D eigenvalue weighted by atomic mass is 16.5. The molecule has 0 radical (unpaired) electrons. The number of aryl methyl sites for hydroxylation is 1. The second-order valence-corrected chi connectivity index (χ2v) is 11.8. The van der Waals surface area contributed by atoms with E-state index in [1.165, 1.54) is 17.5 Å². The second kappa shape index (κ2) is 7.96. The Balaban J connectivity index is 1.27. The Morgan fingerprint density at radius 2 is 1.97 bits per heavy atom. The minimum absolute atomic E-state index is 0.199. The van der Waals surface area contributed by atoms with E-state index in [9.17, 15) is 10.2 Å². The van der Waals surface area contributed by atoms with Crippen LogP contribution in [0.1, 0.15) is 55.7 Å². The van der Waals surface area contributed by atoms with E-state index >= 15 is 0 Å². The molecule has 3 aliphatic carbocycles. The van der Waals surface area contributed by atoms with Crippen molar-refractivity contribution in [3.05, 3.63) is 59.2 Å². The molecule has 3 fully saturated rings. The molecule has 2 heterocycles. The van der Waals surface area contributed by atoms with Crippen LogP contribution in [0.2, 0.25) is 0 Å². The summed E-state index contributed by atoms with van der Waals surface area (Å²) in [7, 11) is 0. The van der Waals surface area contributed by atoms with Crippen molar-refractivity contribution in [1.82, 2.24) is 4.90 Å². The normalized spacial score (nSPS) is 38.6. The fourth-order valence-corrected chi connectivity index (χ4v) is 8.22. The van der Waals surface area contributed by atoms with E-state index < -0.39 is 17.1 Å². The maximum Gasteiger partial charge on any atom is 0.165 e. The van der Waals surface area contributed by atoms with Gasteiger partial charge in [0.25, 0.3) is 0 Å². The molecular weight excluding hydrogens is 438 g/mol. The molecule has 2 bridgehead atoms. The number of hydrogen-bond donors (Lipinski definition) is 2. The number of hydrogen-bond acceptors (Lipinski definition) is 5. The van der Waals surface area contributed by atoms with Crippen molar-refractivity contribution in [3.63, 3.8) is 0 Å². The van der Waals surface area contributed by atoms with E-state index in [4.69, 9.17) is 9.47 Å². The largest absolute Gasteiger partial charge is 0.504 e. The molecule has 186 valence electrons. The lowest BCUT2D eigenvalue weighted by Gasteiger charge is -2.65. The summed E-state index contributed by atoms with van der Waals surface area (Å²) in [4.78, 5) is 2.72. The third-order valence-electron chi connectivity index (χ3n) is 10.1. The van der Waals surface area contributed by atoms with Gasteiger partial charge in [0.05, 0.1) is 17.1 Å². The SMILES string of the molecule is CC1CC1CN1CCC23c4c5ccc(O)c4O[C@H]2C(O)CC[C@@]3(OCCCc2ccccc2)C1C5. The van der Waals surface area contributed by atoms with Crippen molar-refractivity contribution in [1.29, 1.82) is 0 Å². The number of ether oxygens (including phenoxy) is 2. The molecule has 2 aromatic rings. The third kappa shape index (κ3) is 3.11. The molecule has 5 nitrogen and oxygen atoms in total. The predicted molar refractivity (Wildman–Crippen MR) is 134 cm³/mol. The lowest BCUT2D eigenvalue weighted by atomic mass is 9.48. The molecule has 5 aliphatic rings. The quantitative estimate of drug-likeness (QED) is 0.587. The number of likely N-dealkylation sites (tertiary alicyclic amines) is 1.